The maximum absolute atomic E-state index is 12.4. The number of carbonyl (C=O) groups is 2. The molecular weight excluding hydrogens is 410 g/mol. The minimum atomic E-state index is -0.184. The summed E-state index contributed by atoms with van der Waals surface area (Å²) >= 11 is 1.29. The number of aromatic nitrogens is 3. The molecule has 0 aliphatic rings. The van der Waals surface area contributed by atoms with Crippen molar-refractivity contribution < 1.29 is 9.59 Å². The standard InChI is InChI=1S/C23H25N5O2S/c1-4-12-28-20(14-24-22(30)18-8-6-5-7-9-18)26-27-23(28)31-15-21(29)25-19-11-10-16(2)13-17(19)3/h4-11,13H,1,12,14-15H2,2-3H3,(H,24,30)(H,25,29). The second-order valence-electron chi connectivity index (χ2n) is 7.00. The molecule has 1 heterocycles. The van der Waals surface area contributed by atoms with E-state index in [9.17, 15) is 9.59 Å². The fourth-order valence-corrected chi connectivity index (χ4v) is 3.76. The number of carbonyl (C=O) groups excluding carboxylic acids is 2. The van der Waals surface area contributed by atoms with Gasteiger partial charge in [0, 0.05) is 17.8 Å². The highest BCUT2D eigenvalue weighted by molar-refractivity contribution is 7.99. The van der Waals surface area contributed by atoms with Crippen LogP contribution in [-0.2, 0) is 17.9 Å². The van der Waals surface area contributed by atoms with E-state index in [1.54, 1.807) is 18.2 Å². The number of allylic oxidation sites excluding steroid dienone is 1. The highest BCUT2D eigenvalue weighted by atomic mass is 32.2. The van der Waals surface area contributed by atoms with Crippen molar-refractivity contribution in [2.75, 3.05) is 11.1 Å². The molecule has 8 heteroatoms. The van der Waals surface area contributed by atoms with Crippen molar-refractivity contribution in [2.24, 2.45) is 0 Å². The van der Waals surface area contributed by atoms with Gasteiger partial charge < -0.3 is 15.2 Å². The van der Waals surface area contributed by atoms with Crippen molar-refractivity contribution >= 4 is 29.3 Å². The van der Waals surface area contributed by atoms with Gasteiger partial charge in [0.05, 0.1) is 12.3 Å². The maximum atomic E-state index is 12.4. The van der Waals surface area contributed by atoms with E-state index in [1.807, 2.05) is 54.8 Å². The zero-order valence-corrected chi connectivity index (χ0v) is 18.4. The summed E-state index contributed by atoms with van der Waals surface area (Å²) in [6.45, 7) is 8.46. The van der Waals surface area contributed by atoms with Crippen LogP contribution in [0.3, 0.4) is 0 Å². The highest BCUT2D eigenvalue weighted by Crippen LogP contribution is 2.20. The van der Waals surface area contributed by atoms with E-state index in [2.05, 4.69) is 27.4 Å². The Kier molecular flexibility index (Phi) is 7.61. The Balaban J connectivity index is 1.61. The first kappa shape index (κ1) is 22.3. The summed E-state index contributed by atoms with van der Waals surface area (Å²) in [7, 11) is 0. The lowest BCUT2D eigenvalue weighted by molar-refractivity contribution is -0.113. The third-order valence-corrected chi connectivity index (χ3v) is 5.50. The highest BCUT2D eigenvalue weighted by Gasteiger charge is 2.15. The van der Waals surface area contributed by atoms with E-state index >= 15 is 0 Å². The third kappa shape index (κ3) is 6.05. The Hall–Kier alpha value is -3.39. The third-order valence-electron chi connectivity index (χ3n) is 4.54. The van der Waals surface area contributed by atoms with Crippen LogP contribution in [-0.4, -0.2) is 32.3 Å². The van der Waals surface area contributed by atoms with Crippen LogP contribution in [0.25, 0.3) is 0 Å². The van der Waals surface area contributed by atoms with Crippen molar-refractivity contribution in [3.05, 3.63) is 83.7 Å². The molecule has 0 saturated carbocycles. The van der Waals surface area contributed by atoms with Gasteiger partial charge in [0.1, 0.15) is 0 Å². The zero-order chi connectivity index (χ0) is 22.2. The van der Waals surface area contributed by atoms with Gasteiger partial charge in [-0.2, -0.15) is 0 Å². The molecule has 0 aliphatic carbocycles. The topological polar surface area (TPSA) is 88.9 Å². The number of nitrogens with one attached hydrogen (secondary N) is 2. The first-order valence-corrected chi connectivity index (χ1v) is 10.8. The molecule has 31 heavy (non-hydrogen) atoms. The van der Waals surface area contributed by atoms with Crippen LogP contribution in [0, 0.1) is 13.8 Å². The summed E-state index contributed by atoms with van der Waals surface area (Å²) in [5, 5.41) is 14.8. The van der Waals surface area contributed by atoms with Gasteiger partial charge in [0.2, 0.25) is 5.91 Å². The Bertz CT molecular complexity index is 1080. The molecule has 1 aromatic heterocycles. The van der Waals surface area contributed by atoms with Gasteiger partial charge in [-0.1, -0.05) is 53.7 Å². The lowest BCUT2D eigenvalue weighted by Gasteiger charge is -2.10. The maximum Gasteiger partial charge on any atom is 0.251 e. The number of hydrogen-bond donors (Lipinski definition) is 2. The van der Waals surface area contributed by atoms with Crippen LogP contribution >= 0.6 is 11.8 Å². The van der Waals surface area contributed by atoms with Crippen LogP contribution in [0.15, 0.2) is 66.3 Å². The van der Waals surface area contributed by atoms with Gasteiger partial charge >= 0.3 is 0 Å². The van der Waals surface area contributed by atoms with Crippen molar-refractivity contribution in [3.8, 4) is 0 Å². The van der Waals surface area contributed by atoms with Gasteiger partial charge in [-0.15, -0.1) is 16.8 Å². The number of nitrogens with zero attached hydrogens (tertiary/aromatic N) is 3. The van der Waals surface area contributed by atoms with Crippen molar-refractivity contribution in [1.29, 1.82) is 0 Å². The molecule has 0 radical (unpaired) electrons. The molecule has 2 amide bonds. The van der Waals surface area contributed by atoms with E-state index in [-0.39, 0.29) is 24.1 Å². The molecule has 3 rings (SSSR count). The van der Waals surface area contributed by atoms with E-state index in [4.69, 9.17) is 0 Å². The molecule has 0 spiro atoms. The molecule has 0 saturated heterocycles. The number of hydrogen-bond acceptors (Lipinski definition) is 5. The fraction of sp³-hybridized carbons (Fsp3) is 0.217. The average molecular weight is 436 g/mol. The number of rotatable bonds is 9. The molecule has 0 aliphatic heterocycles. The normalized spacial score (nSPS) is 10.5. The van der Waals surface area contributed by atoms with Gasteiger partial charge in [0.25, 0.3) is 5.91 Å². The van der Waals surface area contributed by atoms with Gasteiger partial charge in [-0.3, -0.25) is 9.59 Å². The lowest BCUT2D eigenvalue weighted by atomic mass is 10.1. The summed E-state index contributed by atoms with van der Waals surface area (Å²) in [6.07, 6.45) is 1.73. The molecule has 0 atom stereocenters. The smallest absolute Gasteiger partial charge is 0.251 e. The summed E-state index contributed by atoms with van der Waals surface area (Å²) in [4.78, 5) is 24.7. The SMILES string of the molecule is C=CCn1c(CNC(=O)c2ccccc2)nnc1SCC(=O)Nc1ccc(C)cc1C. The van der Waals surface area contributed by atoms with Gasteiger partial charge in [-0.25, -0.2) is 0 Å². The van der Waals surface area contributed by atoms with Crippen molar-refractivity contribution in [1.82, 2.24) is 20.1 Å². The number of thioether (sulfide) groups is 1. The van der Waals surface area contributed by atoms with Crippen LogP contribution in [0.2, 0.25) is 0 Å². The van der Waals surface area contributed by atoms with Crippen molar-refractivity contribution in [3.63, 3.8) is 0 Å². The predicted molar refractivity (Wildman–Crippen MR) is 123 cm³/mol. The first-order chi connectivity index (χ1) is 15.0. The molecule has 0 bridgehead atoms. The molecule has 2 N–H and O–H groups in total. The molecule has 2 aromatic carbocycles. The lowest BCUT2D eigenvalue weighted by Crippen LogP contribution is -2.24. The van der Waals surface area contributed by atoms with Crippen molar-refractivity contribution in [2.45, 2.75) is 32.1 Å². The monoisotopic (exact) mass is 435 g/mol. The molecule has 160 valence electrons. The largest absolute Gasteiger partial charge is 0.345 e. The van der Waals surface area contributed by atoms with Gasteiger partial charge in [-0.05, 0) is 37.6 Å². The summed E-state index contributed by atoms with van der Waals surface area (Å²) in [6, 6.07) is 14.9. The van der Waals surface area contributed by atoms with E-state index in [1.165, 1.54) is 11.8 Å². The predicted octanol–water partition coefficient (Wildman–Crippen LogP) is 3.74. The Morgan fingerprint density at radius 2 is 1.90 bits per heavy atom. The number of anilines is 1. The summed E-state index contributed by atoms with van der Waals surface area (Å²) < 4.78 is 1.84. The summed E-state index contributed by atoms with van der Waals surface area (Å²) in [5.41, 5.74) is 3.54. The number of amides is 2. The van der Waals surface area contributed by atoms with Crippen LogP contribution in [0.4, 0.5) is 5.69 Å². The Morgan fingerprint density at radius 3 is 2.61 bits per heavy atom. The van der Waals surface area contributed by atoms with E-state index < -0.39 is 0 Å². The van der Waals surface area contributed by atoms with Crippen LogP contribution in [0.1, 0.15) is 27.3 Å². The second-order valence-corrected chi connectivity index (χ2v) is 7.94. The zero-order valence-electron chi connectivity index (χ0n) is 17.6. The molecule has 0 unspecified atom stereocenters. The number of benzene rings is 2. The molecular formula is C23H25N5O2S. The number of aryl methyl sites for hydroxylation is 2. The molecule has 7 nitrogen and oxygen atoms in total. The second kappa shape index (κ2) is 10.6. The minimum absolute atomic E-state index is 0.121. The fourth-order valence-electron chi connectivity index (χ4n) is 2.99. The van der Waals surface area contributed by atoms with Gasteiger partial charge in [0.15, 0.2) is 11.0 Å². The first-order valence-electron chi connectivity index (χ1n) is 9.84. The molecule has 0 fully saturated rings. The van der Waals surface area contributed by atoms with E-state index in [0.717, 1.165) is 16.8 Å². The minimum Gasteiger partial charge on any atom is -0.345 e. The van der Waals surface area contributed by atoms with Crippen LogP contribution in [0.5, 0.6) is 0 Å². The molecule has 3 aromatic rings. The Labute approximate surface area is 186 Å². The van der Waals surface area contributed by atoms with E-state index in [0.29, 0.717) is 23.1 Å². The van der Waals surface area contributed by atoms with Crippen LogP contribution < -0.4 is 10.6 Å². The Morgan fingerprint density at radius 1 is 1.13 bits per heavy atom. The summed E-state index contributed by atoms with van der Waals surface area (Å²) in [5.74, 6) is 0.486. The quantitative estimate of drug-likeness (QED) is 0.395. The average Bonchev–Trinajstić information content (AvgIpc) is 3.15.